The Morgan fingerprint density at radius 1 is 1.21 bits per heavy atom. The lowest BCUT2D eigenvalue weighted by molar-refractivity contribution is 0.122. The molecule has 1 saturated heterocycles. The molecule has 1 aromatic rings. The largest absolute Gasteiger partial charge is 0.465 e. The molecule has 1 aromatic carbocycles. The van der Waals surface area contributed by atoms with Crippen LogP contribution in [-0.4, -0.2) is 42.4 Å². The maximum Gasteiger partial charge on any atom is 0.407 e. The Kier molecular flexibility index (Phi) is 3.24. The Morgan fingerprint density at radius 3 is 2.47 bits per heavy atom. The molecule has 0 aromatic heterocycles. The quantitative estimate of drug-likeness (QED) is 0.858. The van der Waals surface area contributed by atoms with Crippen LogP contribution in [0.1, 0.15) is 11.1 Å². The van der Waals surface area contributed by atoms with Gasteiger partial charge >= 0.3 is 6.09 Å². The number of rotatable bonds is 1. The van der Waals surface area contributed by atoms with E-state index in [1.807, 2.05) is 12.1 Å². The first-order chi connectivity index (χ1) is 9.15. The number of hydrogen-bond acceptors (Lipinski definition) is 3. The van der Waals surface area contributed by atoms with Crippen LogP contribution >= 0.6 is 11.6 Å². The van der Waals surface area contributed by atoms with E-state index in [0.717, 1.165) is 29.9 Å². The molecule has 1 fully saturated rings. The summed E-state index contributed by atoms with van der Waals surface area (Å²) in [6.45, 7) is 3.92. The lowest BCUT2D eigenvalue weighted by Gasteiger charge is -2.30. The molecule has 2 aliphatic heterocycles. The Morgan fingerprint density at radius 2 is 1.84 bits per heavy atom. The number of anilines is 1. The van der Waals surface area contributed by atoms with Gasteiger partial charge in [-0.15, -0.1) is 0 Å². The van der Waals surface area contributed by atoms with Crippen molar-refractivity contribution >= 4 is 23.4 Å². The molecule has 0 unspecified atom stereocenters. The summed E-state index contributed by atoms with van der Waals surface area (Å²) in [5.74, 6) is 0. The van der Waals surface area contributed by atoms with Crippen LogP contribution in [0.5, 0.6) is 0 Å². The van der Waals surface area contributed by atoms with Crippen LogP contribution in [0.4, 0.5) is 10.5 Å². The summed E-state index contributed by atoms with van der Waals surface area (Å²) in [6, 6.07) is 3.91. The first-order valence-corrected chi connectivity index (χ1v) is 6.65. The summed E-state index contributed by atoms with van der Waals surface area (Å²) in [4.78, 5) is 14.6. The van der Waals surface area contributed by atoms with Crippen molar-refractivity contribution in [3.63, 3.8) is 0 Å². The summed E-state index contributed by atoms with van der Waals surface area (Å²) in [6.07, 6.45) is -0.889. The maximum atomic E-state index is 11.0. The maximum absolute atomic E-state index is 11.0. The van der Waals surface area contributed by atoms with Gasteiger partial charge in [0.25, 0.3) is 0 Å². The number of halogens is 1. The van der Waals surface area contributed by atoms with Gasteiger partial charge in [-0.2, -0.15) is 0 Å². The molecule has 0 saturated carbocycles. The molecule has 102 valence electrons. The number of ether oxygens (including phenoxy) is 1. The molecule has 0 atom stereocenters. The van der Waals surface area contributed by atoms with Gasteiger partial charge in [0.2, 0.25) is 0 Å². The Balaban J connectivity index is 1.88. The van der Waals surface area contributed by atoms with Gasteiger partial charge < -0.3 is 14.7 Å². The van der Waals surface area contributed by atoms with Crippen LogP contribution in [0.15, 0.2) is 12.1 Å². The summed E-state index contributed by atoms with van der Waals surface area (Å²) >= 11 is 6.32. The molecule has 3 rings (SSSR count). The van der Waals surface area contributed by atoms with E-state index in [-0.39, 0.29) is 0 Å². The molecule has 2 heterocycles. The van der Waals surface area contributed by atoms with Crippen LogP contribution < -0.4 is 4.90 Å². The van der Waals surface area contributed by atoms with Gasteiger partial charge in [-0.05, 0) is 23.3 Å². The molecule has 6 heteroatoms. The summed E-state index contributed by atoms with van der Waals surface area (Å²) in [5, 5.41) is 9.73. The molecule has 1 N–H and O–H groups in total. The monoisotopic (exact) mass is 282 g/mol. The van der Waals surface area contributed by atoms with Crippen molar-refractivity contribution in [3.05, 3.63) is 28.3 Å². The predicted octanol–water partition coefficient (Wildman–Crippen LogP) is 2.17. The highest BCUT2D eigenvalue weighted by molar-refractivity contribution is 6.33. The highest BCUT2D eigenvalue weighted by Crippen LogP contribution is 2.34. The minimum Gasteiger partial charge on any atom is -0.465 e. The SMILES string of the molecule is O=C(O)N1Cc2cc(Cl)c(N3CCOCC3)cc2C1. The second-order valence-electron chi connectivity index (χ2n) is 4.81. The number of carbonyl (C=O) groups is 1. The average molecular weight is 283 g/mol. The zero-order chi connectivity index (χ0) is 13.4. The second-order valence-corrected chi connectivity index (χ2v) is 5.22. The van der Waals surface area contributed by atoms with Crippen LogP contribution in [0.2, 0.25) is 5.02 Å². The Hall–Kier alpha value is -1.46. The van der Waals surface area contributed by atoms with Gasteiger partial charge in [-0.1, -0.05) is 11.6 Å². The molecular weight excluding hydrogens is 268 g/mol. The molecule has 0 aliphatic carbocycles. The number of fused-ring (bicyclic) bond motifs is 1. The van der Waals surface area contributed by atoms with Gasteiger partial charge in [-0.3, -0.25) is 4.90 Å². The topological polar surface area (TPSA) is 53.0 Å². The van der Waals surface area contributed by atoms with Gasteiger partial charge in [-0.25, -0.2) is 4.79 Å². The average Bonchev–Trinajstić information content (AvgIpc) is 2.82. The second kappa shape index (κ2) is 4.90. The van der Waals surface area contributed by atoms with Crippen molar-refractivity contribution < 1.29 is 14.6 Å². The molecule has 0 spiro atoms. The van der Waals surface area contributed by atoms with Gasteiger partial charge in [0.1, 0.15) is 0 Å². The zero-order valence-corrected chi connectivity index (χ0v) is 11.2. The highest BCUT2D eigenvalue weighted by Gasteiger charge is 2.25. The van der Waals surface area contributed by atoms with Crippen molar-refractivity contribution in [2.24, 2.45) is 0 Å². The fraction of sp³-hybridized carbons (Fsp3) is 0.462. The number of amides is 1. The van der Waals surface area contributed by atoms with E-state index in [0.29, 0.717) is 31.3 Å². The zero-order valence-electron chi connectivity index (χ0n) is 10.4. The van der Waals surface area contributed by atoms with E-state index in [4.69, 9.17) is 21.4 Å². The van der Waals surface area contributed by atoms with Crippen molar-refractivity contribution in [2.75, 3.05) is 31.2 Å². The van der Waals surface area contributed by atoms with E-state index in [1.54, 1.807) is 0 Å². The van der Waals surface area contributed by atoms with E-state index in [1.165, 1.54) is 4.90 Å². The molecule has 0 radical (unpaired) electrons. The summed E-state index contributed by atoms with van der Waals surface area (Å²) in [5.41, 5.74) is 3.04. The van der Waals surface area contributed by atoms with E-state index in [9.17, 15) is 4.79 Å². The standard InChI is InChI=1S/C13H15ClN2O3/c14-11-5-9-7-16(13(17)18)8-10(9)6-12(11)15-1-3-19-4-2-15/h5-6H,1-4,7-8H2,(H,17,18). The Bertz CT molecular complexity index is 515. The number of benzene rings is 1. The van der Waals surface area contributed by atoms with Gasteiger partial charge in [0.15, 0.2) is 0 Å². The highest BCUT2D eigenvalue weighted by atomic mass is 35.5. The smallest absolute Gasteiger partial charge is 0.407 e. The molecule has 0 bridgehead atoms. The van der Waals surface area contributed by atoms with Crippen molar-refractivity contribution in [1.82, 2.24) is 4.90 Å². The third-order valence-corrected chi connectivity index (χ3v) is 3.92. The van der Waals surface area contributed by atoms with Gasteiger partial charge in [0, 0.05) is 26.2 Å². The molecule has 19 heavy (non-hydrogen) atoms. The number of hydrogen-bond donors (Lipinski definition) is 1. The first-order valence-electron chi connectivity index (χ1n) is 6.27. The molecule has 2 aliphatic rings. The fourth-order valence-electron chi connectivity index (χ4n) is 2.59. The third kappa shape index (κ3) is 2.35. The summed E-state index contributed by atoms with van der Waals surface area (Å²) in [7, 11) is 0. The number of nitrogens with zero attached hydrogens (tertiary/aromatic N) is 2. The van der Waals surface area contributed by atoms with Gasteiger partial charge in [0.05, 0.1) is 23.9 Å². The minimum atomic E-state index is -0.889. The molecule has 5 nitrogen and oxygen atoms in total. The number of morpholine rings is 1. The van der Waals surface area contributed by atoms with Crippen LogP contribution in [0, 0.1) is 0 Å². The minimum absolute atomic E-state index is 0.424. The first kappa shape index (κ1) is 12.6. The van der Waals surface area contributed by atoms with E-state index >= 15 is 0 Å². The van der Waals surface area contributed by atoms with Crippen molar-refractivity contribution in [1.29, 1.82) is 0 Å². The van der Waals surface area contributed by atoms with E-state index < -0.39 is 6.09 Å². The predicted molar refractivity (Wildman–Crippen MR) is 71.8 cm³/mol. The van der Waals surface area contributed by atoms with Crippen LogP contribution in [-0.2, 0) is 17.8 Å². The van der Waals surface area contributed by atoms with E-state index in [2.05, 4.69) is 4.90 Å². The fourth-order valence-corrected chi connectivity index (χ4v) is 2.90. The third-order valence-electron chi connectivity index (χ3n) is 3.61. The van der Waals surface area contributed by atoms with Crippen LogP contribution in [0.25, 0.3) is 0 Å². The number of carboxylic acid groups (broad SMARTS) is 1. The lowest BCUT2D eigenvalue weighted by Crippen LogP contribution is -2.36. The summed E-state index contributed by atoms with van der Waals surface area (Å²) < 4.78 is 5.33. The van der Waals surface area contributed by atoms with Crippen molar-refractivity contribution in [3.8, 4) is 0 Å². The Labute approximate surface area is 116 Å². The lowest BCUT2D eigenvalue weighted by atomic mass is 10.1. The normalized spacial score (nSPS) is 18.6. The molecule has 1 amide bonds. The molecular formula is C13H15ClN2O3. The van der Waals surface area contributed by atoms with Crippen LogP contribution in [0.3, 0.4) is 0 Å². The van der Waals surface area contributed by atoms with Crippen molar-refractivity contribution in [2.45, 2.75) is 13.1 Å².